The summed E-state index contributed by atoms with van der Waals surface area (Å²) in [5, 5.41) is 86.3. The maximum absolute atomic E-state index is 11.5. The molecule has 105 heavy (non-hydrogen) atoms. The smallest absolute Gasteiger partial charge is 0.147 e. The molecule has 0 saturated heterocycles. The Hall–Kier alpha value is -14.3. The van der Waals surface area contributed by atoms with Gasteiger partial charge in [0.15, 0.2) is 0 Å². The highest BCUT2D eigenvalue weighted by molar-refractivity contribution is 6.06. The molecule has 0 unspecified atom stereocenters. The molecule has 0 aliphatic carbocycles. The minimum atomic E-state index is -0.101. The number of hydrogen-bond acceptors (Lipinski definition) is 21. The number of phenolic OH excluding ortho intramolecular Hbond substituents is 5. The van der Waals surface area contributed by atoms with Crippen molar-refractivity contribution >= 4 is 83.5 Å². The molecular formula is C84H65N15O6. The largest absolute Gasteiger partial charge is 0.508 e. The quantitative estimate of drug-likeness (QED) is 0.0352. The molecule has 0 saturated carbocycles. The molecule has 21 nitrogen and oxygen atoms in total. The SMILES string of the molecule is Oc1ccc2ccc(O)c(N=Nc3ccc(N(Cc4ccccn4)Cc4ccc(-c5c(O)ccc6c(N=Nc7ccc(N(Cc8ccccn8)Cc8ccc(Oc9cc(O)c(N=Nc%10ccc(N(Cc%11ccccn%11)Cc%11ccccn%11)cc%10)c%10ccccc9%10)cn8)cc7)c(O)ccc56)cn4)cc3)c2c1. The van der Waals surface area contributed by atoms with Gasteiger partial charge in [0.05, 0.1) is 96.7 Å². The molecule has 15 aromatic rings. The van der Waals surface area contributed by atoms with E-state index in [-0.39, 0.29) is 40.1 Å². The summed E-state index contributed by atoms with van der Waals surface area (Å²) in [6, 6.07) is 77.7. The second-order valence-electron chi connectivity index (χ2n) is 24.7. The third-order valence-electron chi connectivity index (χ3n) is 17.6. The highest BCUT2D eigenvalue weighted by Crippen LogP contribution is 2.46. The molecule has 6 heterocycles. The van der Waals surface area contributed by atoms with E-state index < -0.39 is 0 Å². The Morgan fingerprint density at radius 3 is 1.15 bits per heavy atom. The van der Waals surface area contributed by atoms with Crippen LogP contribution in [0, 0.1) is 0 Å². The molecule has 9 aromatic carbocycles. The van der Waals surface area contributed by atoms with Gasteiger partial charge in [-0.1, -0.05) is 66.7 Å². The van der Waals surface area contributed by atoms with Gasteiger partial charge < -0.3 is 45.0 Å². The van der Waals surface area contributed by atoms with Gasteiger partial charge in [0, 0.05) is 86.8 Å². The van der Waals surface area contributed by atoms with Gasteiger partial charge in [-0.25, -0.2) is 0 Å². The van der Waals surface area contributed by atoms with Gasteiger partial charge in [-0.3, -0.25) is 29.9 Å². The summed E-state index contributed by atoms with van der Waals surface area (Å²) in [6.07, 6.45) is 10.5. The third-order valence-corrected chi connectivity index (χ3v) is 17.6. The molecule has 15 rings (SSSR count). The van der Waals surface area contributed by atoms with Crippen LogP contribution < -0.4 is 19.4 Å². The summed E-state index contributed by atoms with van der Waals surface area (Å²) >= 11 is 0. The van der Waals surface area contributed by atoms with Gasteiger partial charge >= 0.3 is 0 Å². The van der Waals surface area contributed by atoms with Crippen molar-refractivity contribution in [3.05, 3.63) is 326 Å². The zero-order valence-electron chi connectivity index (χ0n) is 56.3. The first-order valence-corrected chi connectivity index (χ1v) is 33.7. The lowest BCUT2D eigenvalue weighted by atomic mass is 9.97. The number of pyridine rings is 6. The Bertz CT molecular complexity index is 5590. The van der Waals surface area contributed by atoms with Crippen molar-refractivity contribution in [1.82, 2.24) is 29.9 Å². The van der Waals surface area contributed by atoms with E-state index in [0.29, 0.717) is 106 Å². The van der Waals surface area contributed by atoms with Crippen molar-refractivity contribution in [2.45, 2.75) is 39.3 Å². The number of benzene rings is 9. The number of aromatic nitrogens is 6. The minimum Gasteiger partial charge on any atom is -0.508 e. The molecule has 0 bridgehead atoms. The van der Waals surface area contributed by atoms with Crippen LogP contribution in [-0.2, 0) is 39.3 Å². The van der Waals surface area contributed by atoms with E-state index >= 15 is 0 Å². The fraction of sp³-hybridized carbons (Fsp3) is 0.0714. The topological polar surface area (TPSA) is 272 Å². The van der Waals surface area contributed by atoms with Gasteiger partial charge in [-0.05, 0) is 193 Å². The summed E-state index contributed by atoms with van der Waals surface area (Å²) in [6.45, 7) is 2.90. The zero-order chi connectivity index (χ0) is 71.4. The second-order valence-corrected chi connectivity index (χ2v) is 24.7. The fourth-order valence-electron chi connectivity index (χ4n) is 12.4. The standard InChI is InChI=1S/C84H65N15O6/c100-69-34-18-55-19-38-77(102)84(75(55)45-69)96-93-59-25-32-67(33-26-59)98(51-62-13-5-9-43-87-62)53-64-20-17-56(47-89-64)81-72-36-40-78(103)82(74(72)37-39-76(81)101)94-91-57-21-30-68(31-22-57)99(52-63-14-6-10-44-88-63)54-65-27-35-70(48-90-65)105-80-46-79(104)83(73-16-2-1-15-71(73)80)95-92-58-23-28-66(29-24-58)97(49-60-11-3-7-41-85-60)50-61-12-4-8-42-86-61/h1-48,100-104H,49-54H2. The first kappa shape index (κ1) is 66.5. The number of azo groups is 3. The Balaban J connectivity index is 0.620. The molecule has 21 heteroatoms. The van der Waals surface area contributed by atoms with Crippen LogP contribution in [0.15, 0.2) is 323 Å². The molecule has 5 N–H and O–H groups in total. The monoisotopic (exact) mass is 1380 g/mol. The number of nitrogens with zero attached hydrogens (tertiary/aromatic N) is 15. The highest BCUT2D eigenvalue weighted by atomic mass is 16.5. The Labute approximate surface area is 602 Å². The lowest BCUT2D eigenvalue weighted by Crippen LogP contribution is -2.23. The number of hydrogen-bond donors (Lipinski definition) is 5. The van der Waals surface area contributed by atoms with Crippen LogP contribution in [0.4, 0.5) is 51.2 Å². The average molecular weight is 1380 g/mol. The van der Waals surface area contributed by atoms with Crippen molar-refractivity contribution in [3.8, 4) is 51.4 Å². The van der Waals surface area contributed by atoms with Crippen LogP contribution in [0.2, 0.25) is 0 Å². The molecular weight excluding hydrogens is 1320 g/mol. The number of ether oxygens (including phenoxy) is 1. The lowest BCUT2D eigenvalue weighted by molar-refractivity contribution is 0.458. The Morgan fingerprint density at radius 2 is 0.695 bits per heavy atom. The predicted molar refractivity (Wildman–Crippen MR) is 406 cm³/mol. The fourth-order valence-corrected chi connectivity index (χ4v) is 12.4. The number of aromatic hydroxyl groups is 5. The molecule has 6 aromatic heterocycles. The molecule has 0 fully saturated rings. The van der Waals surface area contributed by atoms with Crippen LogP contribution in [0.3, 0.4) is 0 Å². The molecule has 0 amide bonds. The van der Waals surface area contributed by atoms with Crippen molar-refractivity contribution in [3.63, 3.8) is 0 Å². The predicted octanol–water partition coefficient (Wildman–Crippen LogP) is 20.4. The van der Waals surface area contributed by atoms with Crippen molar-refractivity contribution < 1.29 is 30.3 Å². The lowest BCUT2D eigenvalue weighted by Gasteiger charge is -2.24. The summed E-state index contributed by atoms with van der Waals surface area (Å²) in [5.41, 5.74) is 11.4. The summed E-state index contributed by atoms with van der Waals surface area (Å²) in [4.78, 5) is 34.6. The van der Waals surface area contributed by atoms with Gasteiger partial charge in [-0.2, -0.15) is 15.3 Å². The van der Waals surface area contributed by atoms with Crippen LogP contribution in [0.5, 0.6) is 40.2 Å². The third kappa shape index (κ3) is 15.7. The summed E-state index contributed by atoms with van der Waals surface area (Å²) in [5.74, 6) is 0.711. The Morgan fingerprint density at radius 1 is 0.295 bits per heavy atom. The van der Waals surface area contributed by atoms with Crippen molar-refractivity contribution in [2.75, 3.05) is 14.7 Å². The van der Waals surface area contributed by atoms with E-state index in [1.54, 1.807) is 97.8 Å². The van der Waals surface area contributed by atoms with E-state index in [9.17, 15) is 25.5 Å². The van der Waals surface area contributed by atoms with E-state index in [1.165, 1.54) is 0 Å². The van der Waals surface area contributed by atoms with Crippen molar-refractivity contribution in [2.24, 2.45) is 30.7 Å². The molecule has 512 valence electrons. The summed E-state index contributed by atoms with van der Waals surface area (Å²) < 4.78 is 6.45. The minimum absolute atomic E-state index is 0.0221. The number of phenols is 5. The maximum Gasteiger partial charge on any atom is 0.147 e. The first-order chi connectivity index (χ1) is 51.5. The molecule has 0 aliphatic rings. The number of anilines is 3. The number of fused-ring (bicyclic) bond motifs is 3. The van der Waals surface area contributed by atoms with Crippen LogP contribution >= 0.6 is 0 Å². The second kappa shape index (κ2) is 30.6. The zero-order valence-corrected chi connectivity index (χ0v) is 56.3. The van der Waals surface area contributed by atoms with E-state index in [2.05, 4.69) is 65.3 Å². The maximum atomic E-state index is 11.5. The molecule has 0 atom stereocenters. The van der Waals surface area contributed by atoms with Crippen LogP contribution in [0.25, 0.3) is 43.4 Å². The van der Waals surface area contributed by atoms with E-state index in [1.807, 2.05) is 194 Å². The van der Waals surface area contributed by atoms with Gasteiger partial charge in [0.25, 0.3) is 0 Å². The van der Waals surface area contributed by atoms with Gasteiger partial charge in [0.1, 0.15) is 57.3 Å². The summed E-state index contributed by atoms with van der Waals surface area (Å²) in [7, 11) is 0. The molecule has 0 spiro atoms. The number of rotatable bonds is 24. The van der Waals surface area contributed by atoms with E-state index in [4.69, 9.17) is 14.7 Å². The molecule has 0 aliphatic heterocycles. The van der Waals surface area contributed by atoms with Gasteiger partial charge in [0.2, 0.25) is 0 Å². The van der Waals surface area contributed by atoms with Gasteiger partial charge in [-0.15, -0.1) is 15.3 Å². The van der Waals surface area contributed by atoms with Crippen LogP contribution in [-0.4, -0.2) is 55.4 Å². The first-order valence-electron chi connectivity index (χ1n) is 33.7. The van der Waals surface area contributed by atoms with Crippen molar-refractivity contribution in [1.29, 1.82) is 0 Å². The Kier molecular flexibility index (Phi) is 19.4. The normalized spacial score (nSPS) is 11.5. The van der Waals surface area contributed by atoms with Crippen LogP contribution in [0.1, 0.15) is 34.2 Å². The van der Waals surface area contributed by atoms with E-state index in [0.717, 1.165) is 62.0 Å². The highest BCUT2D eigenvalue weighted by Gasteiger charge is 2.20. The average Bonchev–Trinajstić information content (AvgIpc) is 0.775. The molecule has 0 radical (unpaired) electrons.